The van der Waals surface area contributed by atoms with Crippen LogP contribution in [0.1, 0.15) is 22.5 Å². The lowest BCUT2D eigenvalue weighted by Crippen LogP contribution is -2.38. The molecule has 142 valence electrons. The Morgan fingerprint density at radius 1 is 1.07 bits per heavy atom. The lowest BCUT2D eigenvalue weighted by atomic mass is 10.2. The predicted molar refractivity (Wildman–Crippen MR) is 104 cm³/mol. The van der Waals surface area contributed by atoms with Gasteiger partial charge in [-0.1, -0.05) is 36.4 Å². The van der Waals surface area contributed by atoms with Gasteiger partial charge in [-0.15, -0.1) is 11.3 Å². The molecule has 0 spiro atoms. The lowest BCUT2D eigenvalue weighted by molar-refractivity contribution is 0.0846. The van der Waals surface area contributed by atoms with Crippen molar-refractivity contribution in [1.82, 2.24) is 8.87 Å². The molecule has 1 N–H and O–H groups in total. The van der Waals surface area contributed by atoms with Crippen molar-refractivity contribution in [2.24, 2.45) is 0 Å². The van der Waals surface area contributed by atoms with Gasteiger partial charge >= 0.3 is 0 Å². The molecule has 0 unspecified atom stereocenters. The highest BCUT2D eigenvalue weighted by molar-refractivity contribution is 7.91. The number of thiophene rings is 1. The first-order chi connectivity index (χ1) is 13.0. The van der Waals surface area contributed by atoms with Crippen LogP contribution in [-0.4, -0.2) is 41.5 Å². The van der Waals surface area contributed by atoms with Gasteiger partial charge in [-0.25, -0.2) is 12.7 Å². The number of hydrogen-bond acceptors (Lipinski definition) is 5. The predicted octanol–water partition coefficient (Wildman–Crippen LogP) is 2.81. The Balaban J connectivity index is 1.93. The fraction of sp³-hybridized carbons (Fsp3) is 0.211. The molecule has 0 aliphatic heterocycles. The topological polar surface area (TPSA) is 79.6 Å². The van der Waals surface area contributed by atoms with E-state index in [-0.39, 0.29) is 29.5 Å². The molecular weight excluding hydrogens is 384 g/mol. The van der Waals surface area contributed by atoms with E-state index in [1.165, 1.54) is 6.07 Å². The van der Waals surface area contributed by atoms with E-state index in [1.807, 2.05) is 30.3 Å². The second-order valence-corrected chi connectivity index (χ2v) is 8.94. The quantitative estimate of drug-likeness (QED) is 0.626. The zero-order chi connectivity index (χ0) is 19.3. The molecule has 8 heteroatoms. The second kappa shape index (κ2) is 8.51. The molecule has 2 heterocycles. The SMILES string of the molecule is O=C(c1cccn1Cc1ccccc1)N(CCCO)S(=O)(=O)c1cccs1. The first kappa shape index (κ1) is 19.3. The van der Waals surface area contributed by atoms with Crippen molar-refractivity contribution < 1.29 is 18.3 Å². The smallest absolute Gasteiger partial charge is 0.284 e. The van der Waals surface area contributed by atoms with E-state index in [2.05, 4.69) is 0 Å². The Morgan fingerprint density at radius 2 is 1.85 bits per heavy atom. The van der Waals surface area contributed by atoms with Crippen molar-refractivity contribution in [3.05, 3.63) is 77.4 Å². The van der Waals surface area contributed by atoms with Crippen LogP contribution in [-0.2, 0) is 16.6 Å². The molecule has 1 amide bonds. The number of amides is 1. The molecule has 0 saturated heterocycles. The van der Waals surface area contributed by atoms with E-state index >= 15 is 0 Å². The van der Waals surface area contributed by atoms with Crippen molar-refractivity contribution in [3.63, 3.8) is 0 Å². The molecule has 0 aliphatic carbocycles. The molecule has 3 aromatic rings. The van der Waals surface area contributed by atoms with E-state index in [4.69, 9.17) is 5.11 Å². The van der Waals surface area contributed by atoms with Gasteiger partial charge in [-0.2, -0.15) is 0 Å². The van der Waals surface area contributed by atoms with Crippen LogP contribution in [0.5, 0.6) is 0 Å². The van der Waals surface area contributed by atoms with Crippen LogP contribution in [0.3, 0.4) is 0 Å². The Morgan fingerprint density at radius 3 is 2.52 bits per heavy atom. The van der Waals surface area contributed by atoms with Gasteiger partial charge in [-0.05, 0) is 35.6 Å². The van der Waals surface area contributed by atoms with Gasteiger partial charge in [0.05, 0.1) is 0 Å². The van der Waals surface area contributed by atoms with E-state index in [0.717, 1.165) is 21.2 Å². The standard InChI is InChI=1S/C19H20N2O4S2/c22-13-6-12-21(27(24,25)18-10-5-14-26-18)19(23)17-9-4-11-20(17)15-16-7-2-1-3-8-16/h1-5,7-11,14,22H,6,12-13,15H2. The molecule has 0 fully saturated rings. The van der Waals surface area contributed by atoms with E-state index in [0.29, 0.717) is 6.54 Å². The van der Waals surface area contributed by atoms with Crippen molar-refractivity contribution >= 4 is 27.3 Å². The Hall–Kier alpha value is -2.42. The van der Waals surface area contributed by atoms with Gasteiger partial charge in [0.1, 0.15) is 9.90 Å². The van der Waals surface area contributed by atoms with E-state index in [9.17, 15) is 13.2 Å². The highest BCUT2D eigenvalue weighted by Crippen LogP contribution is 2.23. The van der Waals surface area contributed by atoms with Crippen LogP contribution < -0.4 is 0 Å². The summed E-state index contributed by atoms with van der Waals surface area (Å²) >= 11 is 1.06. The highest BCUT2D eigenvalue weighted by Gasteiger charge is 2.31. The summed E-state index contributed by atoms with van der Waals surface area (Å²) in [6.45, 7) is 0.183. The molecule has 6 nitrogen and oxygen atoms in total. The van der Waals surface area contributed by atoms with Crippen molar-refractivity contribution in [2.45, 2.75) is 17.2 Å². The Kier molecular flexibility index (Phi) is 6.10. The second-order valence-electron chi connectivity index (χ2n) is 5.90. The van der Waals surface area contributed by atoms with E-state index in [1.54, 1.807) is 34.3 Å². The minimum Gasteiger partial charge on any atom is -0.396 e. The molecule has 0 radical (unpaired) electrons. The molecular formula is C19H20N2O4S2. The van der Waals surface area contributed by atoms with Gasteiger partial charge in [0.25, 0.3) is 15.9 Å². The molecule has 0 saturated carbocycles. The third-order valence-corrected chi connectivity index (χ3v) is 7.19. The van der Waals surface area contributed by atoms with Crippen molar-refractivity contribution in [2.75, 3.05) is 13.2 Å². The Labute approximate surface area is 162 Å². The number of sulfonamides is 1. The number of nitrogens with zero attached hydrogens (tertiary/aromatic N) is 2. The zero-order valence-corrected chi connectivity index (χ0v) is 16.2. The maximum absolute atomic E-state index is 13.1. The van der Waals surface area contributed by atoms with Crippen LogP contribution in [0.2, 0.25) is 0 Å². The number of carbonyl (C=O) groups is 1. The summed E-state index contributed by atoms with van der Waals surface area (Å²) < 4.78 is 28.5. The number of benzene rings is 1. The molecule has 27 heavy (non-hydrogen) atoms. The summed E-state index contributed by atoms with van der Waals surface area (Å²) in [5, 5.41) is 10.8. The summed E-state index contributed by atoms with van der Waals surface area (Å²) in [4.78, 5) is 13.1. The van der Waals surface area contributed by atoms with Gasteiger partial charge in [0.15, 0.2) is 0 Å². The Bertz CT molecular complexity index is 980. The minimum atomic E-state index is -3.97. The number of hydrogen-bond donors (Lipinski definition) is 1. The third kappa shape index (κ3) is 4.29. The van der Waals surface area contributed by atoms with Crippen LogP contribution in [0.25, 0.3) is 0 Å². The van der Waals surface area contributed by atoms with Crippen molar-refractivity contribution in [3.8, 4) is 0 Å². The monoisotopic (exact) mass is 404 g/mol. The molecule has 2 aromatic heterocycles. The van der Waals surface area contributed by atoms with Crippen LogP contribution >= 0.6 is 11.3 Å². The number of aliphatic hydroxyl groups excluding tert-OH is 1. The van der Waals surface area contributed by atoms with Gasteiger partial charge in [0.2, 0.25) is 0 Å². The first-order valence-electron chi connectivity index (χ1n) is 8.44. The fourth-order valence-electron chi connectivity index (χ4n) is 2.72. The molecule has 1 aromatic carbocycles. The van der Waals surface area contributed by atoms with Gasteiger partial charge in [0, 0.05) is 25.9 Å². The average molecular weight is 405 g/mol. The molecule has 0 aliphatic rings. The summed E-state index contributed by atoms with van der Waals surface area (Å²) in [7, 11) is -3.97. The molecule has 0 atom stereocenters. The maximum Gasteiger partial charge on any atom is 0.284 e. The summed E-state index contributed by atoms with van der Waals surface area (Å²) in [6, 6.07) is 16.1. The molecule has 3 rings (SSSR count). The van der Waals surface area contributed by atoms with Crippen LogP contribution in [0, 0.1) is 0 Å². The lowest BCUT2D eigenvalue weighted by Gasteiger charge is -2.22. The number of carbonyl (C=O) groups excluding carboxylic acids is 1. The van der Waals surface area contributed by atoms with E-state index < -0.39 is 15.9 Å². The fourth-order valence-corrected chi connectivity index (χ4v) is 5.24. The first-order valence-corrected chi connectivity index (χ1v) is 10.8. The number of aromatic nitrogens is 1. The summed E-state index contributed by atoms with van der Waals surface area (Å²) in [5.41, 5.74) is 1.29. The van der Waals surface area contributed by atoms with Crippen molar-refractivity contribution in [1.29, 1.82) is 0 Å². The summed E-state index contributed by atoms with van der Waals surface area (Å²) in [6.07, 6.45) is 1.93. The number of rotatable bonds is 8. The van der Waals surface area contributed by atoms with Crippen LogP contribution in [0.15, 0.2) is 70.4 Å². The molecule has 0 bridgehead atoms. The average Bonchev–Trinajstić information content (AvgIpc) is 3.35. The largest absolute Gasteiger partial charge is 0.396 e. The number of aliphatic hydroxyl groups is 1. The van der Waals surface area contributed by atoms with Gasteiger partial charge < -0.3 is 9.67 Å². The normalized spacial score (nSPS) is 11.4. The zero-order valence-electron chi connectivity index (χ0n) is 14.6. The highest BCUT2D eigenvalue weighted by atomic mass is 32.2. The minimum absolute atomic E-state index is 0.0773. The van der Waals surface area contributed by atoms with Crippen LogP contribution in [0.4, 0.5) is 0 Å². The third-order valence-electron chi connectivity index (χ3n) is 4.03. The summed E-state index contributed by atoms with van der Waals surface area (Å²) in [5.74, 6) is -0.599. The van der Waals surface area contributed by atoms with Gasteiger partial charge in [-0.3, -0.25) is 4.79 Å². The maximum atomic E-state index is 13.1.